The van der Waals surface area contributed by atoms with Gasteiger partial charge in [0.15, 0.2) is 10.9 Å². The number of rotatable bonds is 3. The van der Waals surface area contributed by atoms with Gasteiger partial charge in [-0.2, -0.15) is 0 Å². The van der Waals surface area contributed by atoms with Crippen molar-refractivity contribution in [1.82, 2.24) is 29.9 Å². The van der Waals surface area contributed by atoms with Crippen LogP contribution in [-0.4, -0.2) is 49.0 Å². The Bertz CT molecular complexity index is 1570. The SMILES string of the molecule is CC(C)N1CC(n2nnc3cnc4c(F)c(-c5ccc(F)c6sc(N)nc56)c(Cl)cc4c32)C1. The third kappa shape index (κ3) is 3.01. The fourth-order valence-corrected chi connectivity index (χ4v) is 5.51. The first-order valence-corrected chi connectivity index (χ1v) is 11.6. The van der Waals surface area contributed by atoms with Crippen LogP contribution in [0.1, 0.15) is 19.9 Å². The van der Waals surface area contributed by atoms with Crippen LogP contribution in [-0.2, 0) is 0 Å². The maximum absolute atomic E-state index is 15.9. The Balaban J connectivity index is 1.57. The predicted octanol–water partition coefficient (Wildman–Crippen LogP) is 5.04. The van der Waals surface area contributed by atoms with Gasteiger partial charge in [-0.15, -0.1) is 5.10 Å². The summed E-state index contributed by atoms with van der Waals surface area (Å²) in [6, 6.07) is 4.98. The summed E-state index contributed by atoms with van der Waals surface area (Å²) in [4.78, 5) is 10.9. The zero-order chi connectivity index (χ0) is 23.0. The fourth-order valence-electron chi connectivity index (χ4n) is 4.46. The standard InChI is InChI=1S/C22H18ClF2N7S/c1-9(2)31-7-10(8-31)32-20-12-5-13(23)16(17(25)18(12)27-6-15(20)29-30-32)11-3-4-14(24)21-19(11)28-22(26)33-21/h3-6,9-10H,7-8H2,1-2H3,(H2,26,28). The van der Waals surface area contributed by atoms with Crippen molar-refractivity contribution in [2.45, 2.75) is 25.9 Å². The minimum atomic E-state index is -0.607. The Hall–Kier alpha value is -2.95. The third-order valence-electron chi connectivity index (χ3n) is 6.23. The average Bonchev–Trinajstić information content (AvgIpc) is 3.32. The van der Waals surface area contributed by atoms with Crippen LogP contribution >= 0.6 is 22.9 Å². The van der Waals surface area contributed by atoms with E-state index in [-0.39, 0.29) is 37.5 Å². The molecule has 0 saturated carbocycles. The molecule has 5 aromatic rings. The maximum Gasteiger partial charge on any atom is 0.181 e. The molecular formula is C22H18ClF2N7S. The first-order valence-electron chi connectivity index (χ1n) is 10.4. The molecule has 1 aliphatic rings. The lowest BCUT2D eigenvalue weighted by molar-refractivity contribution is 0.0690. The topological polar surface area (TPSA) is 85.8 Å². The van der Waals surface area contributed by atoms with Crippen molar-refractivity contribution in [2.24, 2.45) is 0 Å². The first kappa shape index (κ1) is 20.6. The summed E-state index contributed by atoms with van der Waals surface area (Å²) in [5.74, 6) is -1.07. The molecule has 1 aliphatic heterocycles. The molecule has 0 atom stereocenters. The number of likely N-dealkylation sites (tertiary alicyclic amines) is 1. The number of thiazole rings is 1. The molecule has 2 aromatic carbocycles. The van der Waals surface area contributed by atoms with Crippen LogP contribution in [0.4, 0.5) is 13.9 Å². The molecular weight excluding hydrogens is 468 g/mol. The van der Waals surface area contributed by atoms with Crippen LogP contribution in [0.5, 0.6) is 0 Å². The van der Waals surface area contributed by atoms with Crippen LogP contribution in [0.2, 0.25) is 5.02 Å². The molecule has 11 heteroatoms. The van der Waals surface area contributed by atoms with Gasteiger partial charge in [0.1, 0.15) is 22.4 Å². The second kappa shape index (κ2) is 7.28. The lowest BCUT2D eigenvalue weighted by Gasteiger charge is -2.41. The molecule has 2 N–H and O–H groups in total. The van der Waals surface area contributed by atoms with E-state index in [2.05, 4.69) is 39.0 Å². The first-order chi connectivity index (χ1) is 15.8. The van der Waals surface area contributed by atoms with E-state index in [4.69, 9.17) is 17.3 Å². The smallest absolute Gasteiger partial charge is 0.181 e. The van der Waals surface area contributed by atoms with Crippen LogP contribution in [0.25, 0.3) is 43.3 Å². The van der Waals surface area contributed by atoms with Crippen molar-refractivity contribution < 1.29 is 8.78 Å². The average molecular weight is 486 g/mol. The van der Waals surface area contributed by atoms with E-state index in [0.717, 1.165) is 24.4 Å². The number of nitrogens with zero attached hydrogens (tertiary/aromatic N) is 6. The van der Waals surface area contributed by atoms with E-state index in [1.807, 2.05) is 4.68 Å². The van der Waals surface area contributed by atoms with Crippen molar-refractivity contribution in [3.63, 3.8) is 0 Å². The summed E-state index contributed by atoms with van der Waals surface area (Å²) in [5.41, 5.74) is 7.96. The Morgan fingerprint density at radius 1 is 1.21 bits per heavy atom. The molecule has 168 valence electrons. The van der Waals surface area contributed by atoms with Crippen molar-refractivity contribution >= 4 is 60.2 Å². The highest BCUT2D eigenvalue weighted by Crippen LogP contribution is 2.42. The molecule has 0 bridgehead atoms. The van der Waals surface area contributed by atoms with Gasteiger partial charge in [-0.3, -0.25) is 9.88 Å². The zero-order valence-corrected chi connectivity index (χ0v) is 19.3. The van der Waals surface area contributed by atoms with Crippen molar-refractivity contribution in [3.8, 4) is 11.1 Å². The molecule has 6 rings (SSSR count). The molecule has 0 amide bonds. The minimum Gasteiger partial charge on any atom is -0.375 e. The van der Waals surface area contributed by atoms with Gasteiger partial charge in [-0.25, -0.2) is 18.4 Å². The van der Waals surface area contributed by atoms with Gasteiger partial charge in [0.25, 0.3) is 0 Å². The quantitative estimate of drug-likeness (QED) is 0.385. The van der Waals surface area contributed by atoms with E-state index >= 15 is 4.39 Å². The number of aromatic nitrogens is 5. The molecule has 0 unspecified atom stereocenters. The zero-order valence-electron chi connectivity index (χ0n) is 17.7. The number of halogens is 3. The van der Waals surface area contributed by atoms with Crippen LogP contribution in [0, 0.1) is 11.6 Å². The number of hydrogen-bond acceptors (Lipinski definition) is 7. The number of pyridine rings is 1. The van der Waals surface area contributed by atoms with Crippen LogP contribution in [0.15, 0.2) is 24.4 Å². The summed E-state index contributed by atoms with van der Waals surface area (Å²) in [6.45, 7) is 5.97. The monoisotopic (exact) mass is 485 g/mol. The Morgan fingerprint density at radius 3 is 2.76 bits per heavy atom. The molecule has 0 spiro atoms. The van der Waals surface area contributed by atoms with Crippen molar-refractivity contribution in [3.05, 3.63) is 41.1 Å². The Morgan fingerprint density at radius 2 is 2.00 bits per heavy atom. The number of hydrogen-bond donors (Lipinski definition) is 1. The largest absolute Gasteiger partial charge is 0.375 e. The fraction of sp³-hybridized carbons (Fsp3) is 0.273. The highest BCUT2D eigenvalue weighted by atomic mass is 35.5. The highest BCUT2D eigenvalue weighted by Gasteiger charge is 2.32. The molecule has 4 heterocycles. The molecule has 1 saturated heterocycles. The van der Waals surface area contributed by atoms with Crippen LogP contribution < -0.4 is 5.73 Å². The number of nitrogens with two attached hydrogens (primary N) is 1. The lowest BCUT2D eigenvalue weighted by atomic mass is 10.0. The lowest BCUT2D eigenvalue weighted by Crippen LogP contribution is -2.51. The van der Waals surface area contributed by atoms with E-state index in [1.54, 1.807) is 6.07 Å². The summed E-state index contributed by atoms with van der Waals surface area (Å²) >= 11 is 7.64. The molecule has 1 fully saturated rings. The number of anilines is 1. The van der Waals surface area contributed by atoms with Gasteiger partial charge in [-0.1, -0.05) is 28.2 Å². The predicted molar refractivity (Wildman–Crippen MR) is 127 cm³/mol. The normalized spacial score (nSPS) is 15.3. The van der Waals surface area contributed by atoms with Gasteiger partial charge in [0, 0.05) is 35.6 Å². The van der Waals surface area contributed by atoms with E-state index < -0.39 is 11.6 Å². The second-order valence-electron chi connectivity index (χ2n) is 8.50. The van der Waals surface area contributed by atoms with Gasteiger partial charge >= 0.3 is 0 Å². The van der Waals surface area contributed by atoms with E-state index in [9.17, 15) is 4.39 Å². The van der Waals surface area contributed by atoms with Crippen molar-refractivity contribution in [1.29, 1.82) is 0 Å². The summed E-state index contributed by atoms with van der Waals surface area (Å²) in [6.07, 6.45) is 1.52. The number of nitrogen functional groups attached to an aromatic ring is 1. The second-order valence-corrected chi connectivity index (χ2v) is 9.93. The van der Waals surface area contributed by atoms with Gasteiger partial charge < -0.3 is 5.73 Å². The van der Waals surface area contributed by atoms with Gasteiger partial charge in [0.05, 0.1) is 27.5 Å². The third-order valence-corrected chi connectivity index (χ3v) is 7.42. The molecule has 0 radical (unpaired) electrons. The minimum absolute atomic E-state index is 0.111. The highest BCUT2D eigenvalue weighted by molar-refractivity contribution is 7.22. The Labute approximate surface area is 195 Å². The van der Waals surface area contributed by atoms with Crippen molar-refractivity contribution in [2.75, 3.05) is 18.8 Å². The molecule has 7 nitrogen and oxygen atoms in total. The van der Waals surface area contributed by atoms with E-state index in [0.29, 0.717) is 28.0 Å². The molecule has 3 aromatic heterocycles. The Kier molecular flexibility index (Phi) is 4.55. The summed E-state index contributed by atoms with van der Waals surface area (Å²) < 4.78 is 32.3. The molecule has 0 aliphatic carbocycles. The van der Waals surface area contributed by atoms with Crippen LogP contribution in [0.3, 0.4) is 0 Å². The van der Waals surface area contributed by atoms with Gasteiger partial charge in [0.2, 0.25) is 0 Å². The summed E-state index contributed by atoms with van der Waals surface area (Å²) in [5, 5.41) is 9.45. The van der Waals surface area contributed by atoms with Gasteiger partial charge in [-0.05, 0) is 32.0 Å². The summed E-state index contributed by atoms with van der Waals surface area (Å²) in [7, 11) is 0. The number of benzene rings is 2. The number of fused-ring (bicyclic) bond motifs is 4. The maximum atomic E-state index is 15.9. The molecule has 33 heavy (non-hydrogen) atoms. The van der Waals surface area contributed by atoms with E-state index in [1.165, 1.54) is 18.3 Å².